The van der Waals surface area contributed by atoms with Gasteiger partial charge in [0.25, 0.3) is 0 Å². The van der Waals surface area contributed by atoms with Crippen LogP contribution < -0.4 is 0 Å². The fourth-order valence-electron chi connectivity index (χ4n) is 3.29. The first-order valence-corrected chi connectivity index (χ1v) is 8.79. The van der Waals surface area contributed by atoms with Crippen LogP contribution in [0.3, 0.4) is 0 Å². The Kier molecular flexibility index (Phi) is 3.12. The van der Waals surface area contributed by atoms with Crippen molar-refractivity contribution < 1.29 is 18.3 Å². The van der Waals surface area contributed by atoms with Crippen molar-refractivity contribution in [1.29, 1.82) is 0 Å². The Labute approximate surface area is 118 Å². The Balaban J connectivity index is 1.84. The first-order chi connectivity index (χ1) is 9.43. The maximum Gasteiger partial charge on any atom is 0.314 e. The average Bonchev–Trinajstić information content (AvgIpc) is 2.69. The van der Waals surface area contributed by atoms with E-state index in [0.29, 0.717) is 19.3 Å². The highest BCUT2D eigenvalue weighted by atomic mass is 32.2. The van der Waals surface area contributed by atoms with Crippen LogP contribution in [0.4, 0.5) is 0 Å². The van der Waals surface area contributed by atoms with E-state index in [2.05, 4.69) is 0 Å². The number of carboxylic acid groups (broad SMARTS) is 1. The number of rotatable bonds is 3. The molecule has 0 spiro atoms. The molecule has 1 aliphatic heterocycles. The van der Waals surface area contributed by atoms with Gasteiger partial charge in [0.2, 0.25) is 0 Å². The van der Waals surface area contributed by atoms with E-state index in [9.17, 15) is 18.3 Å². The molecule has 1 saturated heterocycles. The van der Waals surface area contributed by atoms with Gasteiger partial charge >= 0.3 is 5.97 Å². The van der Waals surface area contributed by atoms with E-state index in [4.69, 9.17) is 0 Å². The van der Waals surface area contributed by atoms with E-state index in [1.807, 2.05) is 24.3 Å². The summed E-state index contributed by atoms with van der Waals surface area (Å²) < 4.78 is 23.0. The zero-order valence-corrected chi connectivity index (χ0v) is 12.0. The van der Waals surface area contributed by atoms with Gasteiger partial charge in [0.15, 0.2) is 9.84 Å². The lowest BCUT2D eigenvalue weighted by Crippen LogP contribution is -2.42. The number of hydrogen-bond donors (Lipinski definition) is 1. The molecule has 1 saturated carbocycles. The normalized spacial score (nSPS) is 26.9. The zero-order chi connectivity index (χ0) is 14.4. The van der Waals surface area contributed by atoms with E-state index in [1.165, 1.54) is 0 Å². The van der Waals surface area contributed by atoms with Crippen molar-refractivity contribution in [3.63, 3.8) is 0 Å². The van der Waals surface area contributed by atoms with Crippen LogP contribution in [0, 0.1) is 0 Å². The molecule has 1 aliphatic carbocycles. The lowest BCUT2D eigenvalue weighted by Gasteiger charge is -2.38. The van der Waals surface area contributed by atoms with E-state index < -0.39 is 21.2 Å². The van der Waals surface area contributed by atoms with Crippen LogP contribution >= 0.6 is 0 Å². The molecule has 1 aromatic rings. The van der Waals surface area contributed by atoms with Gasteiger partial charge in [-0.2, -0.15) is 0 Å². The van der Waals surface area contributed by atoms with Crippen LogP contribution in [0.5, 0.6) is 0 Å². The summed E-state index contributed by atoms with van der Waals surface area (Å²) in [5.41, 5.74) is 1.15. The minimum atomic E-state index is -2.88. The van der Waals surface area contributed by atoms with Gasteiger partial charge in [0.05, 0.1) is 16.9 Å². The highest BCUT2D eigenvalue weighted by molar-refractivity contribution is 7.91. The summed E-state index contributed by atoms with van der Waals surface area (Å²) in [5.74, 6) is -0.203. The summed E-state index contributed by atoms with van der Waals surface area (Å²) in [6.07, 6.45) is 3.01. The molecule has 1 heterocycles. The molecule has 0 aromatic heterocycles. The molecule has 4 nitrogen and oxygen atoms in total. The summed E-state index contributed by atoms with van der Waals surface area (Å²) in [4.78, 5) is 11.5. The standard InChI is InChI=1S/C15H18O4S/c16-14(17)15(7-1-8-15)13-4-2-11(3-5-13)12-6-9-20(18,19)10-12/h2-5,12H,1,6-10H2,(H,16,17). The molecular weight excluding hydrogens is 276 g/mol. The largest absolute Gasteiger partial charge is 0.481 e. The molecule has 0 amide bonds. The Hall–Kier alpha value is -1.36. The topological polar surface area (TPSA) is 71.4 Å². The lowest BCUT2D eigenvalue weighted by atomic mass is 9.64. The number of benzene rings is 1. The van der Waals surface area contributed by atoms with Gasteiger partial charge in [-0.1, -0.05) is 30.7 Å². The average molecular weight is 294 g/mol. The summed E-state index contributed by atoms with van der Waals surface area (Å²) in [6, 6.07) is 7.55. The van der Waals surface area contributed by atoms with Crippen molar-refractivity contribution in [2.24, 2.45) is 0 Å². The number of carboxylic acids is 1. The quantitative estimate of drug-likeness (QED) is 0.926. The second kappa shape index (κ2) is 4.58. The van der Waals surface area contributed by atoms with E-state index >= 15 is 0 Å². The fraction of sp³-hybridized carbons (Fsp3) is 0.533. The Morgan fingerprint density at radius 3 is 2.25 bits per heavy atom. The minimum absolute atomic E-state index is 0.0659. The molecule has 3 rings (SSSR count). The van der Waals surface area contributed by atoms with E-state index in [-0.39, 0.29) is 17.4 Å². The first-order valence-electron chi connectivity index (χ1n) is 6.97. The molecule has 2 aliphatic rings. The van der Waals surface area contributed by atoms with Crippen molar-refractivity contribution >= 4 is 15.8 Å². The van der Waals surface area contributed by atoms with Gasteiger partial charge in [-0.05, 0) is 36.3 Å². The van der Waals surface area contributed by atoms with Gasteiger partial charge < -0.3 is 5.11 Å². The smallest absolute Gasteiger partial charge is 0.314 e. The van der Waals surface area contributed by atoms with Gasteiger partial charge in [0.1, 0.15) is 0 Å². The van der Waals surface area contributed by atoms with Crippen molar-refractivity contribution in [1.82, 2.24) is 0 Å². The summed E-state index contributed by atoms with van der Waals surface area (Å²) in [5, 5.41) is 9.41. The minimum Gasteiger partial charge on any atom is -0.481 e. The fourth-order valence-corrected chi connectivity index (χ4v) is 5.07. The van der Waals surface area contributed by atoms with E-state index in [0.717, 1.165) is 17.5 Å². The van der Waals surface area contributed by atoms with Gasteiger partial charge in [0, 0.05) is 0 Å². The Bertz CT molecular complexity index is 626. The number of hydrogen-bond acceptors (Lipinski definition) is 3. The highest BCUT2D eigenvalue weighted by Crippen LogP contribution is 2.44. The Morgan fingerprint density at radius 2 is 1.85 bits per heavy atom. The second-order valence-corrected chi connectivity index (χ2v) is 8.19. The molecule has 1 atom stereocenters. The van der Waals surface area contributed by atoms with Crippen LogP contribution in [0.15, 0.2) is 24.3 Å². The van der Waals surface area contributed by atoms with Crippen molar-refractivity contribution in [2.45, 2.75) is 37.0 Å². The third-order valence-corrected chi connectivity index (χ3v) is 6.55. The van der Waals surface area contributed by atoms with Crippen LogP contribution in [0.25, 0.3) is 0 Å². The lowest BCUT2D eigenvalue weighted by molar-refractivity contribution is -0.147. The van der Waals surface area contributed by atoms with Crippen LogP contribution in [-0.2, 0) is 20.0 Å². The molecular formula is C15H18O4S. The SMILES string of the molecule is O=C(O)C1(c2ccc(C3CCS(=O)(=O)C3)cc2)CCC1. The molecule has 1 unspecified atom stereocenters. The monoisotopic (exact) mass is 294 g/mol. The molecule has 108 valence electrons. The second-order valence-electron chi connectivity index (χ2n) is 5.96. The highest BCUT2D eigenvalue weighted by Gasteiger charge is 2.45. The van der Waals surface area contributed by atoms with Crippen molar-refractivity contribution in [3.8, 4) is 0 Å². The molecule has 2 fully saturated rings. The Morgan fingerprint density at radius 1 is 1.20 bits per heavy atom. The van der Waals surface area contributed by atoms with Crippen LogP contribution in [0.1, 0.15) is 42.7 Å². The van der Waals surface area contributed by atoms with Gasteiger partial charge in [-0.15, -0.1) is 0 Å². The molecule has 5 heteroatoms. The van der Waals surface area contributed by atoms with Crippen LogP contribution in [0.2, 0.25) is 0 Å². The maximum atomic E-state index is 11.5. The van der Waals surface area contributed by atoms with Crippen molar-refractivity contribution in [2.75, 3.05) is 11.5 Å². The molecule has 0 radical (unpaired) electrons. The number of sulfone groups is 1. The maximum absolute atomic E-state index is 11.5. The van der Waals surface area contributed by atoms with E-state index in [1.54, 1.807) is 0 Å². The molecule has 0 bridgehead atoms. The zero-order valence-electron chi connectivity index (χ0n) is 11.2. The molecule has 1 N–H and O–H groups in total. The van der Waals surface area contributed by atoms with Gasteiger partial charge in [-0.3, -0.25) is 4.79 Å². The first kappa shape index (κ1) is 13.6. The number of carbonyl (C=O) groups is 1. The van der Waals surface area contributed by atoms with Crippen LogP contribution in [-0.4, -0.2) is 31.0 Å². The number of aliphatic carboxylic acids is 1. The van der Waals surface area contributed by atoms with Crippen molar-refractivity contribution in [3.05, 3.63) is 35.4 Å². The third-order valence-electron chi connectivity index (χ3n) is 4.78. The predicted molar refractivity (Wildman–Crippen MR) is 75.6 cm³/mol. The summed E-state index contributed by atoms with van der Waals surface area (Å²) in [6.45, 7) is 0. The third kappa shape index (κ3) is 2.14. The molecule has 20 heavy (non-hydrogen) atoms. The summed E-state index contributed by atoms with van der Waals surface area (Å²) in [7, 11) is -2.88. The predicted octanol–water partition coefficient (Wildman–Crippen LogP) is 2.10. The molecule has 1 aromatic carbocycles. The van der Waals surface area contributed by atoms with Gasteiger partial charge in [-0.25, -0.2) is 8.42 Å². The summed E-state index contributed by atoms with van der Waals surface area (Å²) >= 11 is 0.